The van der Waals surface area contributed by atoms with Crippen LogP contribution in [0.15, 0.2) is 24.4 Å². The van der Waals surface area contributed by atoms with Crippen LogP contribution < -0.4 is 5.73 Å². The Hall–Kier alpha value is -1.68. The van der Waals surface area contributed by atoms with Crippen molar-refractivity contribution in [2.24, 2.45) is 5.92 Å². The number of rotatable bonds is 3. The first-order valence-corrected chi connectivity index (χ1v) is 6.18. The van der Waals surface area contributed by atoms with Crippen LogP contribution in [0.1, 0.15) is 19.5 Å². The van der Waals surface area contributed by atoms with Crippen molar-refractivity contribution >= 4 is 17.4 Å². The van der Waals surface area contributed by atoms with E-state index in [0.717, 1.165) is 12.1 Å². The molecule has 0 saturated carbocycles. The fourth-order valence-electron chi connectivity index (χ4n) is 1.70. The Balaban J connectivity index is 2.45. The zero-order valence-electron chi connectivity index (χ0n) is 10.4. The van der Waals surface area contributed by atoms with Gasteiger partial charge in [0.25, 0.3) is 0 Å². The van der Waals surface area contributed by atoms with Gasteiger partial charge in [-0.05, 0) is 24.5 Å². The summed E-state index contributed by atoms with van der Waals surface area (Å²) < 4.78 is 0. The van der Waals surface area contributed by atoms with Crippen molar-refractivity contribution in [3.05, 3.63) is 35.1 Å². The van der Waals surface area contributed by atoms with Crippen LogP contribution in [-0.4, -0.2) is 15.0 Å². The van der Waals surface area contributed by atoms with Crippen molar-refractivity contribution in [3.63, 3.8) is 0 Å². The molecule has 0 atom stereocenters. The minimum Gasteiger partial charge on any atom is -0.384 e. The molecule has 2 aromatic rings. The molecule has 5 heteroatoms. The van der Waals surface area contributed by atoms with Crippen LogP contribution in [0, 0.1) is 5.92 Å². The lowest BCUT2D eigenvalue weighted by atomic mass is 10.1. The van der Waals surface area contributed by atoms with E-state index in [0.29, 0.717) is 28.3 Å². The molecule has 0 aromatic carbocycles. The lowest BCUT2D eigenvalue weighted by Crippen LogP contribution is -2.04. The minimum atomic E-state index is 0.442. The van der Waals surface area contributed by atoms with Crippen molar-refractivity contribution in [3.8, 4) is 11.5 Å². The highest BCUT2D eigenvalue weighted by Gasteiger charge is 2.10. The number of pyridine rings is 1. The van der Waals surface area contributed by atoms with Gasteiger partial charge in [-0.1, -0.05) is 25.4 Å². The number of hydrogen-bond donors (Lipinski definition) is 1. The molecule has 2 rings (SSSR count). The lowest BCUT2D eigenvalue weighted by Gasteiger charge is -2.08. The van der Waals surface area contributed by atoms with Gasteiger partial charge in [-0.3, -0.25) is 4.98 Å². The third-order valence-corrected chi connectivity index (χ3v) is 2.69. The van der Waals surface area contributed by atoms with E-state index in [1.807, 2.05) is 0 Å². The summed E-state index contributed by atoms with van der Waals surface area (Å²) in [5.74, 6) is 1.43. The summed E-state index contributed by atoms with van der Waals surface area (Å²) in [5, 5.41) is 0.526. The average Bonchev–Trinajstić information content (AvgIpc) is 2.27. The minimum absolute atomic E-state index is 0.442. The molecule has 0 saturated heterocycles. The molecule has 2 N–H and O–H groups in total. The van der Waals surface area contributed by atoms with E-state index in [1.165, 1.54) is 0 Å². The van der Waals surface area contributed by atoms with Gasteiger partial charge in [-0.25, -0.2) is 9.97 Å². The number of nitrogens with zero attached hydrogens (tertiary/aromatic N) is 3. The molecule has 0 aliphatic heterocycles. The molecule has 0 unspecified atom stereocenters. The van der Waals surface area contributed by atoms with Crippen LogP contribution in [0.3, 0.4) is 0 Å². The third kappa shape index (κ3) is 2.96. The topological polar surface area (TPSA) is 64.7 Å². The molecule has 18 heavy (non-hydrogen) atoms. The van der Waals surface area contributed by atoms with E-state index in [9.17, 15) is 0 Å². The van der Waals surface area contributed by atoms with Gasteiger partial charge in [-0.15, -0.1) is 0 Å². The molecule has 0 spiro atoms. The number of nitrogen functional groups attached to an aromatic ring is 1. The molecule has 0 fully saturated rings. The Bertz CT molecular complexity index is 554. The maximum Gasteiger partial charge on any atom is 0.181 e. The second kappa shape index (κ2) is 5.31. The predicted octanol–water partition coefficient (Wildman–Crippen LogP) is 2.97. The number of hydrogen-bond acceptors (Lipinski definition) is 4. The van der Waals surface area contributed by atoms with Gasteiger partial charge in [0, 0.05) is 18.0 Å². The van der Waals surface area contributed by atoms with Gasteiger partial charge < -0.3 is 5.73 Å². The van der Waals surface area contributed by atoms with E-state index in [4.69, 9.17) is 17.3 Å². The fraction of sp³-hybridized carbons (Fsp3) is 0.308. The maximum atomic E-state index is 6.09. The van der Waals surface area contributed by atoms with Gasteiger partial charge in [-0.2, -0.15) is 0 Å². The van der Waals surface area contributed by atoms with E-state index < -0.39 is 0 Å². The summed E-state index contributed by atoms with van der Waals surface area (Å²) >= 11 is 6.09. The summed E-state index contributed by atoms with van der Waals surface area (Å²) in [6.45, 7) is 4.26. The van der Waals surface area contributed by atoms with Crippen LogP contribution in [0.2, 0.25) is 5.02 Å². The molecular formula is C13H15ClN4. The Morgan fingerprint density at radius 2 is 2.11 bits per heavy atom. The summed E-state index contributed by atoms with van der Waals surface area (Å²) in [4.78, 5) is 12.9. The van der Waals surface area contributed by atoms with Crippen molar-refractivity contribution in [1.29, 1.82) is 0 Å². The Labute approximate surface area is 111 Å². The van der Waals surface area contributed by atoms with Gasteiger partial charge in [0.2, 0.25) is 0 Å². The van der Waals surface area contributed by atoms with E-state index >= 15 is 0 Å². The first-order chi connectivity index (χ1) is 8.56. The highest BCUT2D eigenvalue weighted by atomic mass is 35.5. The first-order valence-electron chi connectivity index (χ1n) is 5.80. The van der Waals surface area contributed by atoms with Gasteiger partial charge in [0.15, 0.2) is 5.82 Å². The van der Waals surface area contributed by atoms with Crippen LogP contribution in [0.5, 0.6) is 0 Å². The van der Waals surface area contributed by atoms with Crippen LogP contribution in [-0.2, 0) is 6.42 Å². The lowest BCUT2D eigenvalue weighted by molar-refractivity contribution is 0.635. The van der Waals surface area contributed by atoms with Crippen molar-refractivity contribution in [2.75, 3.05) is 5.73 Å². The highest BCUT2D eigenvalue weighted by Crippen LogP contribution is 2.23. The SMILES string of the molecule is CC(C)Cc1cc(N)nc(-c2ncccc2Cl)n1. The number of halogens is 1. The van der Waals surface area contributed by atoms with Crippen LogP contribution in [0.25, 0.3) is 11.5 Å². The van der Waals surface area contributed by atoms with E-state index in [1.54, 1.807) is 24.4 Å². The number of anilines is 1. The van der Waals surface area contributed by atoms with Crippen molar-refractivity contribution in [2.45, 2.75) is 20.3 Å². The van der Waals surface area contributed by atoms with Gasteiger partial charge in [0.1, 0.15) is 11.5 Å². The van der Waals surface area contributed by atoms with Crippen LogP contribution >= 0.6 is 11.6 Å². The fourth-order valence-corrected chi connectivity index (χ4v) is 1.90. The Morgan fingerprint density at radius 3 is 2.78 bits per heavy atom. The summed E-state index contributed by atoms with van der Waals surface area (Å²) in [5.41, 5.74) is 7.28. The molecule has 0 aliphatic carbocycles. The predicted molar refractivity (Wildman–Crippen MR) is 73.2 cm³/mol. The molecule has 0 radical (unpaired) electrons. The summed E-state index contributed by atoms with van der Waals surface area (Å²) in [7, 11) is 0. The van der Waals surface area contributed by atoms with Crippen molar-refractivity contribution < 1.29 is 0 Å². The normalized spacial score (nSPS) is 10.9. The third-order valence-electron chi connectivity index (χ3n) is 2.39. The largest absolute Gasteiger partial charge is 0.384 e. The smallest absolute Gasteiger partial charge is 0.181 e. The summed E-state index contributed by atoms with van der Waals surface area (Å²) in [6.07, 6.45) is 2.51. The Kier molecular flexibility index (Phi) is 3.77. The second-order valence-electron chi connectivity index (χ2n) is 4.54. The molecular weight excluding hydrogens is 248 g/mol. The van der Waals surface area contributed by atoms with Gasteiger partial charge in [0.05, 0.1) is 5.02 Å². The molecule has 0 aliphatic rings. The molecule has 94 valence electrons. The molecule has 2 aromatic heterocycles. The maximum absolute atomic E-state index is 6.09. The standard InChI is InChI=1S/C13H15ClN4/c1-8(2)6-9-7-11(15)18-13(17-9)12-10(14)4-3-5-16-12/h3-5,7-8H,6H2,1-2H3,(H2,15,17,18). The first kappa shape index (κ1) is 12.8. The van der Waals surface area contributed by atoms with Gasteiger partial charge >= 0.3 is 0 Å². The molecule has 0 bridgehead atoms. The van der Waals surface area contributed by atoms with Crippen molar-refractivity contribution in [1.82, 2.24) is 15.0 Å². The highest BCUT2D eigenvalue weighted by molar-refractivity contribution is 6.32. The zero-order chi connectivity index (χ0) is 13.1. The number of aromatic nitrogens is 3. The average molecular weight is 263 g/mol. The van der Waals surface area contributed by atoms with E-state index in [-0.39, 0.29) is 0 Å². The molecule has 4 nitrogen and oxygen atoms in total. The Morgan fingerprint density at radius 1 is 1.33 bits per heavy atom. The zero-order valence-corrected chi connectivity index (χ0v) is 11.1. The van der Waals surface area contributed by atoms with Crippen LogP contribution in [0.4, 0.5) is 5.82 Å². The second-order valence-corrected chi connectivity index (χ2v) is 4.95. The summed E-state index contributed by atoms with van der Waals surface area (Å²) in [6, 6.07) is 5.33. The monoisotopic (exact) mass is 262 g/mol. The quantitative estimate of drug-likeness (QED) is 0.924. The molecule has 2 heterocycles. The number of nitrogens with two attached hydrogens (primary N) is 1. The van der Waals surface area contributed by atoms with E-state index in [2.05, 4.69) is 28.8 Å². The molecule has 0 amide bonds.